The molecule has 2 aromatic rings. The van der Waals surface area contributed by atoms with Crippen LogP contribution >= 0.6 is 0 Å². The van der Waals surface area contributed by atoms with E-state index in [4.69, 9.17) is 4.43 Å². The highest BCUT2D eigenvalue weighted by molar-refractivity contribution is 6.74. The number of benzene rings is 1. The van der Waals surface area contributed by atoms with Crippen LogP contribution in [0.4, 0.5) is 0 Å². The summed E-state index contributed by atoms with van der Waals surface area (Å²) >= 11 is 0. The van der Waals surface area contributed by atoms with Crippen molar-refractivity contribution < 1.29 is 4.43 Å². The molecule has 1 heterocycles. The molecule has 19 heavy (non-hydrogen) atoms. The Kier molecular flexibility index (Phi) is 3.62. The molecule has 0 aliphatic carbocycles. The van der Waals surface area contributed by atoms with Crippen molar-refractivity contribution in [1.82, 2.24) is 4.98 Å². The Hall–Kier alpha value is -1.06. The zero-order valence-electron chi connectivity index (χ0n) is 12.9. The average molecular weight is 275 g/mol. The van der Waals surface area contributed by atoms with Gasteiger partial charge in [-0.3, -0.25) is 0 Å². The van der Waals surface area contributed by atoms with Gasteiger partial charge in [-0.2, -0.15) is 0 Å². The minimum Gasteiger partial charge on any atom is -0.410 e. The maximum Gasteiger partial charge on any atom is 0.192 e. The zero-order valence-corrected chi connectivity index (χ0v) is 13.9. The number of hydrogen-bond acceptors (Lipinski definition) is 1. The third-order valence-corrected chi connectivity index (χ3v) is 8.89. The largest absolute Gasteiger partial charge is 0.410 e. The van der Waals surface area contributed by atoms with Crippen LogP contribution in [0.3, 0.4) is 0 Å². The van der Waals surface area contributed by atoms with Crippen molar-refractivity contribution in [2.24, 2.45) is 0 Å². The Balaban J connectivity index is 2.30. The van der Waals surface area contributed by atoms with Gasteiger partial charge >= 0.3 is 0 Å². The smallest absolute Gasteiger partial charge is 0.192 e. The summed E-state index contributed by atoms with van der Waals surface area (Å²) in [4.78, 5) is 3.33. The molecule has 0 bridgehead atoms. The van der Waals surface area contributed by atoms with E-state index in [1.165, 1.54) is 16.5 Å². The average Bonchev–Trinajstić information content (AvgIpc) is 2.73. The molecule has 1 atom stereocenters. The number of aromatic nitrogens is 1. The van der Waals surface area contributed by atoms with Crippen LogP contribution in [0.15, 0.2) is 30.5 Å². The number of rotatable bonds is 3. The summed E-state index contributed by atoms with van der Waals surface area (Å²) in [6.07, 6.45) is 2.12. The van der Waals surface area contributed by atoms with Crippen molar-refractivity contribution in [3.05, 3.63) is 36.0 Å². The van der Waals surface area contributed by atoms with Gasteiger partial charge in [-0.1, -0.05) is 39.0 Å². The molecule has 1 N–H and O–H groups in total. The van der Waals surface area contributed by atoms with Crippen LogP contribution in [0.1, 0.15) is 39.4 Å². The first-order valence-corrected chi connectivity index (χ1v) is 9.87. The van der Waals surface area contributed by atoms with Crippen LogP contribution in [-0.4, -0.2) is 13.3 Å². The highest BCUT2D eigenvalue weighted by atomic mass is 28.4. The third kappa shape index (κ3) is 2.77. The molecule has 0 amide bonds. The molecule has 0 aliphatic heterocycles. The van der Waals surface area contributed by atoms with Crippen molar-refractivity contribution in [2.45, 2.75) is 51.9 Å². The fourth-order valence-electron chi connectivity index (χ4n) is 2.13. The topological polar surface area (TPSA) is 25.0 Å². The fraction of sp³-hybridized carbons (Fsp3) is 0.500. The molecule has 0 spiro atoms. The lowest BCUT2D eigenvalue weighted by Gasteiger charge is -2.38. The lowest BCUT2D eigenvalue weighted by Crippen LogP contribution is -2.41. The maximum absolute atomic E-state index is 6.48. The molecule has 2 rings (SSSR count). The standard InChI is InChI=1S/C16H25NOSi/c1-12(18-19(5,6)16(2,3)4)14-9-7-8-13-10-11-17-15(13)14/h7-12,17H,1-6H3/t12-/m1/s1. The first-order chi connectivity index (χ1) is 8.72. The Morgan fingerprint density at radius 2 is 1.84 bits per heavy atom. The summed E-state index contributed by atoms with van der Waals surface area (Å²) in [5, 5.41) is 1.49. The molecule has 0 aliphatic rings. The quantitative estimate of drug-likeness (QED) is 0.760. The number of hydrogen-bond donors (Lipinski definition) is 1. The lowest BCUT2D eigenvalue weighted by molar-refractivity contribution is 0.204. The molecule has 3 heteroatoms. The van der Waals surface area contributed by atoms with E-state index in [9.17, 15) is 0 Å². The molecule has 1 aromatic carbocycles. The van der Waals surface area contributed by atoms with E-state index < -0.39 is 8.32 Å². The number of para-hydroxylation sites is 1. The van der Waals surface area contributed by atoms with E-state index in [1.54, 1.807) is 0 Å². The predicted molar refractivity (Wildman–Crippen MR) is 85.0 cm³/mol. The summed E-state index contributed by atoms with van der Waals surface area (Å²) in [5.41, 5.74) is 2.46. The van der Waals surface area contributed by atoms with Crippen LogP contribution in [0.25, 0.3) is 10.9 Å². The first-order valence-electron chi connectivity index (χ1n) is 6.96. The Morgan fingerprint density at radius 3 is 2.47 bits per heavy atom. The highest BCUT2D eigenvalue weighted by Crippen LogP contribution is 2.40. The molecule has 0 radical (unpaired) electrons. The summed E-state index contributed by atoms with van der Waals surface area (Å²) < 4.78 is 6.48. The molecule has 0 unspecified atom stereocenters. The van der Waals surface area contributed by atoms with Crippen molar-refractivity contribution in [1.29, 1.82) is 0 Å². The summed E-state index contributed by atoms with van der Waals surface area (Å²) in [7, 11) is -1.73. The van der Waals surface area contributed by atoms with Gasteiger partial charge in [0.05, 0.1) is 11.6 Å². The van der Waals surface area contributed by atoms with E-state index in [1.807, 2.05) is 6.20 Å². The van der Waals surface area contributed by atoms with Gasteiger partial charge in [0.2, 0.25) is 0 Å². The molecular formula is C16H25NOSi. The summed E-state index contributed by atoms with van der Waals surface area (Å²) in [6, 6.07) is 8.51. The SMILES string of the molecule is C[C@@H](O[Si](C)(C)C(C)(C)C)c1cccc2cc[nH]c12. The van der Waals surface area contributed by atoms with Gasteiger partial charge in [0.1, 0.15) is 0 Å². The van der Waals surface area contributed by atoms with Gasteiger partial charge in [0.15, 0.2) is 8.32 Å². The van der Waals surface area contributed by atoms with Crippen molar-refractivity contribution >= 4 is 19.2 Å². The van der Waals surface area contributed by atoms with Gasteiger partial charge in [-0.15, -0.1) is 0 Å². The molecule has 1 aromatic heterocycles. The van der Waals surface area contributed by atoms with Crippen molar-refractivity contribution in [3.8, 4) is 0 Å². The summed E-state index contributed by atoms with van der Waals surface area (Å²) in [5.74, 6) is 0. The molecule has 0 saturated heterocycles. The minimum absolute atomic E-state index is 0.128. The van der Waals surface area contributed by atoms with Crippen LogP contribution in [-0.2, 0) is 4.43 Å². The first kappa shape index (κ1) is 14.3. The number of nitrogens with one attached hydrogen (secondary N) is 1. The van der Waals surface area contributed by atoms with E-state index in [-0.39, 0.29) is 11.1 Å². The van der Waals surface area contributed by atoms with Crippen LogP contribution in [0.5, 0.6) is 0 Å². The van der Waals surface area contributed by atoms with Crippen LogP contribution < -0.4 is 0 Å². The molecule has 104 valence electrons. The van der Waals surface area contributed by atoms with Crippen molar-refractivity contribution in [3.63, 3.8) is 0 Å². The Labute approximate surface area is 117 Å². The van der Waals surface area contributed by atoms with Gasteiger partial charge in [-0.25, -0.2) is 0 Å². The highest BCUT2D eigenvalue weighted by Gasteiger charge is 2.38. The summed E-state index contributed by atoms with van der Waals surface area (Å²) in [6.45, 7) is 13.6. The zero-order chi connectivity index (χ0) is 14.3. The van der Waals surface area contributed by atoms with Crippen LogP contribution in [0.2, 0.25) is 18.1 Å². The number of fused-ring (bicyclic) bond motifs is 1. The lowest BCUT2D eigenvalue weighted by atomic mass is 10.1. The van der Waals surface area contributed by atoms with Gasteiger partial charge in [0.25, 0.3) is 0 Å². The van der Waals surface area contributed by atoms with E-state index in [0.29, 0.717) is 0 Å². The van der Waals surface area contributed by atoms with E-state index >= 15 is 0 Å². The minimum atomic E-state index is -1.73. The second-order valence-corrected chi connectivity index (χ2v) is 11.6. The van der Waals surface area contributed by atoms with E-state index in [2.05, 4.69) is 70.0 Å². The number of aromatic amines is 1. The van der Waals surface area contributed by atoms with Gasteiger partial charge in [0, 0.05) is 11.8 Å². The predicted octanol–water partition coefficient (Wildman–Crippen LogP) is 5.25. The van der Waals surface area contributed by atoms with Gasteiger partial charge in [-0.05, 0) is 36.5 Å². The second kappa shape index (κ2) is 4.80. The number of H-pyrrole nitrogens is 1. The Bertz CT molecular complexity index is 565. The van der Waals surface area contributed by atoms with Crippen molar-refractivity contribution in [2.75, 3.05) is 0 Å². The van der Waals surface area contributed by atoms with E-state index in [0.717, 1.165) is 0 Å². The fourth-order valence-corrected chi connectivity index (χ4v) is 3.49. The molecule has 2 nitrogen and oxygen atoms in total. The molecule has 0 saturated carbocycles. The van der Waals surface area contributed by atoms with Crippen LogP contribution in [0, 0.1) is 0 Å². The normalized spacial score (nSPS) is 14.8. The second-order valence-electron chi connectivity index (χ2n) is 6.81. The molecular weight excluding hydrogens is 250 g/mol. The third-order valence-electron chi connectivity index (χ3n) is 4.34. The Morgan fingerprint density at radius 1 is 1.16 bits per heavy atom. The monoisotopic (exact) mass is 275 g/mol. The molecule has 0 fully saturated rings. The van der Waals surface area contributed by atoms with Gasteiger partial charge < -0.3 is 9.41 Å². The maximum atomic E-state index is 6.48.